The molecule has 3 N–H and O–H groups in total. The minimum atomic E-state index is -1.29. The Morgan fingerprint density at radius 2 is 1.75 bits per heavy atom. The Morgan fingerprint density at radius 1 is 1.12 bits per heavy atom. The van der Waals surface area contributed by atoms with Crippen molar-refractivity contribution in [3.8, 4) is 0 Å². The lowest BCUT2D eigenvalue weighted by molar-refractivity contribution is -0.139. The van der Waals surface area contributed by atoms with Crippen LogP contribution in [0.1, 0.15) is 46.3 Å². The van der Waals surface area contributed by atoms with E-state index < -0.39 is 28.6 Å². The molecule has 3 atom stereocenters. The first kappa shape index (κ1) is 22.5. The number of benzene rings is 2. The maximum atomic E-state index is 13.7. The summed E-state index contributed by atoms with van der Waals surface area (Å²) in [5, 5.41) is 16.3. The number of carbonyl (C=O) groups is 2. The van der Waals surface area contributed by atoms with Crippen LogP contribution in [0.25, 0.3) is 0 Å². The van der Waals surface area contributed by atoms with E-state index in [9.17, 15) is 19.2 Å². The van der Waals surface area contributed by atoms with E-state index in [1.165, 1.54) is 0 Å². The molecule has 168 valence electrons. The van der Waals surface area contributed by atoms with Gasteiger partial charge in [0.25, 0.3) is 0 Å². The van der Waals surface area contributed by atoms with Gasteiger partial charge in [0.1, 0.15) is 11.5 Å². The third-order valence-corrected chi connectivity index (χ3v) is 7.70. The second-order valence-electron chi connectivity index (χ2n) is 8.41. The molecule has 1 heterocycles. The molecule has 0 spiro atoms. The molecular formula is C24H27N3O4S. The van der Waals surface area contributed by atoms with Crippen molar-refractivity contribution in [3.63, 3.8) is 0 Å². The number of carbonyl (C=O) groups excluding carboxylic acids is 1. The molecule has 1 saturated heterocycles. The lowest BCUT2D eigenvalue weighted by atomic mass is 9.60. The Morgan fingerprint density at radius 3 is 2.41 bits per heavy atom. The van der Waals surface area contributed by atoms with Crippen LogP contribution in [0.15, 0.2) is 59.7 Å². The van der Waals surface area contributed by atoms with Crippen LogP contribution in [0, 0.1) is 5.41 Å². The molecule has 2 aromatic carbocycles. The fourth-order valence-corrected chi connectivity index (χ4v) is 5.79. The van der Waals surface area contributed by atoms with Crippen LogP contribution in [0.2, 0.25) is 0 Å². The van der Waals surface area contributed by atoms with E-state index >= 15 is 0 Å². The monoisotopic (exact) mass is 453 g/mol. The summed E-state index contributed by atoms with van der Waals surface area (Å²) < 4.78 is 11.6. The quantitative estimate of drug-likeness (QED) is 0.394. The summed E-state index contributed by atoms with van der Waals surface area (Å²) >= 11 is -0.799. The van der Waals surface area contributed by atoms with Crippen LogP contribution < -0.4 is 5.73 Å². The molecule has 8 heteroatoms. The molecule has 0 aromatic heterocycles. The van der Waals surface area contributed by atoms with Gasteiger partial charge in [0.15, 0.2) is 5.78 Å². The number of hydrogen-bond acceptors (Lipinski definition) is 6. The zero-order valence-electron chi connectivity index (χ0n) is 17.7. The van der Waals surface area contributed by atoms with Gasteiger partial charge in [-0.05, 0) is 28.7 Å². The second-order valence-corrected chi connectivity index (χ2v) is 10.1. The first-order chi connectivity index (χ1) is 15.4. The standard InChI is InChI=1S/C24H27N3O4S/c25-22-20-9-5-4-8-19(20)18(16-26-27-10-12-32(31)13-11-27)14-24(22,15-21(28)29)23(30)17-6-2-1-3-7-17/h1-9,16,18,22H,10-15,25H2,(H,28,29). The summed E-state index contributed by atoms with van der Waals surface area (Å²) in [5.41, 5.74) is 7.56. The number of ketones is 1. The summed E-state index contributed by atoms with van der Waals surface area (Å²) in [6.45, 7) is 1.22. The van der Waals surface area contributed by atoms with E-state index in [-0.39, 0.29) is 24.5 Å². The molecule has 0 saturated carbocycles. The zero-order valence-corrected chi connectivity index (χ0v) is 18.5. The van der Waals surface area contributed by atoms with E-state index in [2.05, 4.69) is 5.10 Å². The molecule has 7 nitrogen and oxygen atoms in total. The number of carboxylic acids is 1. The number of nitrogens with two attached hydrogens (primary N) is 1. The largest absolute Gasteiger partial charge is 0.616 e. The molecule has 0 amide bonds. The average molecular weight is 454 g/mol. The predicted octanol–water partition coefficient (Wildman–Crippen LogP) is 2.57. The Balaban J connectivity index is 1.74. The van der Waals surface area contributed by atoms with Crippen molar-refractivity contribution < 1.29 is 19.2 Å². The fraction of sp³-hybridized carbons (Fsp3) is 0.375. The molecule has 0 bridgehead atoms. The van der Waals surface area contributed by atoms with Crippen LogP contribution in [0.5, 0.6) is 0 Å². The number of hydrogen-bond donors (Lipinski definition) is 2. The highest BCUT2D eigenvalue weighted by molar-refractivity contribution is 7.91. The molecule has 0 radical (unpaired) electrons. The minimum Gasteiger partial charge on any atom is -0.616 e. The highest BCUT2D eigenvalue weighted by Crippen LogP contribution is 2.51. The van der Waals surface area contributed by atoms with Crippen LogP contribution in [-0.4, -0.2) is 57.2 Å². The van der Waals surface area contributed by atoms with Gasteiger partial charge in [0.05, 0.1) is 24.9 Å². The van der Waals surface area contributed by atoms with Gasteiger partial charge in [-0.3, -0.25) is 14.6 Å². The molecule has 1 fully saturated rings. The summed E-state index contributed by atoms with van der Waals surface area (Å²) in [6.07, 6.45) is 1.70. The maximum Gasteiger partial charge on any atom is 0.304 e. The molecule has 2 aromatic rings. The number of Topliss-reactive ketones (excluding diaryl/α,β-unsaturated/α-hetero) is 1. The molecular weight excluding hydrogens is 426 g/mol. The second kappa shape index (κ2) is 9.44. The van der Waals surface area contributed by atoms with E-state index in [0.717, 1.165) is 11.1 Å². The lowest BCUT2D eigenvalue weighted by Crippen LogP contribution is -2.47. The van der Waals surface area contributed by atoms with Crippen molar-refractivity contribution in [1.82, 2.24) is 5.01 Å². The molecule has 4 rings (SSSR count). The van der Waals surface area contributed by atoms with E-state index in [1.807, 2.05) is 35.3 Å². The van der Waals surface area contributed by atoms with Gasteiger partial charge in [-0.15, -0.1) is 0 Å². The topological polar surface area (TPSA) is 119 Å². The van der Waals surface area contributed by atoms with Crippen molar-refractivity contribution >= 4 is 29.1 Å². The van der Waals surface area contributed by atoms with Crippen molar-refractivity contribution in [2.75, 3.05) is 24.6 Å². The van der Waals surface area contributed by atoms with Crippen LogP contribution >= 0.6 is 0 Å². The Kier molecular flexibility index (Phi) is 6.64. The normalized spacial score (nSPS) is 26.1. The van der Waals surface area contributed by atoms with Gasteiger partial charge in [0, 0.05) is 23.7 Å². The number of hydrazone groups is 1. The highest BCUT2D eigenvalue weighted by Gasteiger charge is 2.51. The van der Waals surface area contributed by atoms with Crippen LogP contribution in [0.4, 0.5) is 0 Å². The van der Waals surface area contributed by atoms with Gasteiger partial charge in [-0.2, -0.15) is 5.10 Å². The average Bonchev–Trinajstić information content (AvgIpc) is 2.81. The Bertz CT molecular complexity index is 1010. The van der Waals surface area contributed by atoms with Gasteiger partial charge in [0.2, 0.25) is 0 Å². The SMILES string of the molecule is NC1c2ccccc2C(C=NN2CC[S+]([O-])CC2)CC1(CC(=O)O)C(=O)c1ccccc1. The predicted molar refractivity (Wildman–Crippen MR) is 124 cm³/mol. The van der Waals surface area contributed by atoms with Crippen molar-refractivity contribution in [3.05, 3.63) is 71.3 Å². The summed E-state index contributed by atoms with van der Waals surface area (Å²) in [7, 11) is 0. The van der Waals surface area contributed by atoms with Crippen molar-refractivity contribution in [2.45, 2.75) is 24.8 Å². The smallest absolute Gasteiger partial charge is 0.304 e. The molecule has 2 aliphatic rings. The van der Waals surface area contributed by atoms with Gasteiger partial charge in [-0.1, -0.05) is 54.6 Å². The van der Waals surface area contributed by atoms with Crippen molar-refractivity contribution in [2.24, 2.45) is 16.3 Å². The molecule has 32 heavy (non-hydrogen) atoms. The molecule has 1 aliphatic heterocycles. The number of rotatable bonds is 6. The molecule has 3 unspecified atom stereocenters. The minimum absolute atomic E-state index is 0.255. The number of aliphatic carboxylic acids is 1. The Labute approximate surface area is 190 Å². The summed E-state index contributed by atoms with van der Waals surface area (Å²) in [4.78, 5) is 25.7. The Hall–Kier alpha value is -2.68. The van der Waals surface area contributed by atoms with Gasteiger partial charge >= 0.3 is 5.97 Å². The first-order valence-electron chi connectivity index (χ1n) is 10.7. The summed E-state index contributed by atoms with van der Waals surface area (Å²) in [6, 6.07) is 15.6. The van der Waals surface area contributed by atoms with Gasteiger partial charge in [-0.25, -0.2) is 0 Å². The third kappa shape index (κ3) is 4.44. The van der Waals surface area contributed by atoms with Crippen molar-refractivity contribution in [1.29, 1.82) is 0 Å². The number of carboxylic acid groups (broad SMARTS) is 1. The number of fused-ring (bicyclic) bond motifs is 1. The highest BCUT2D eigenvalue weighted by atomic mass is 32.2. The van der Waals surface area contributed by atoms with Gasteiger partial charge < -0.3 is 15.4 Å². The zero-order chi connectivity index (χ0) is 22.7. The van der Waals surface area contributed by atoms with E-state index in [0.29, 0.717) is 30.2 Å². The first-order valence-corrected chi connectivity index (χ1v) is 12.2. The van der Waals surface area contributed by atoms with E-state index in [4.69, 9.17) is 5.73 Å². The number of nitrogens with zero attached hydrogens (tertiary/aromatic N) is 2. The summed E-state index contributed by atoms with van der Waals surface area (Å²) in [5.74, 6) is -0.407. The maximum absolute atomic E-state index is 13.7. The lowest BCUT2D eigenvalue weighted by Gasteiger charge is -2.44. The third-order valence-electron chi connectivity index (χ3n) is 6.43. The van der Waals surface area contributed by atoms with E-state index in [1.54, 1.807) is 30.5 Å². The fourth-order valence-electron chi connectivity index (χ4n) is 4.75. The van der Waals surface area contributed by atoms with Crippen LogP contribution in [-0.2, 0) is 16.0 Å². The van der Waals surface area contributed by atoms with Crippen LogP contribution in [0.3, 0.4) is 0 Å². The molecule has 1 aliphatic carbocycles.